The highest BCUT2D eigenvalue weighted by molar-refractivity contribution is 5.86. The molecule has 1 heterocycles. The van der Waals surface area contributed by atoms with Crippen molar-refractivity contribution in [3.63, 3.8) is 0 Å². The highest BCUT2D eigenvalue weighted by atomic mass is 16.3. The molecule has 5 rings (SSSR count). The van der Waals surface area contributed by atoms with E-state index in [1.807, 2.05) is 4.90 Å². The van der Waals surface area contributed by atoms with Crippen molar-refractivity contribution in [2.45, 2.75) is 89.1 Å². The molecular formula is C25H40N2O3. The lowest BCUT2D eigenvalue weighted by molar-refractivity contribution is -0.163. The minimum absolute atomic E-state index is 0.112. The Balaban J connectivity index is 1.09. The predicted octanol–water partition coefficient (Wildman–Crippen LogP) is 3.60. The lowest BCUT2D eigenvalue weighted by Crippen LogP contribution is -2.59. The van der Waals surface area contributed by atoms with E-state index in [0.29, 0.717) is 44.9 Å². The van der Waals surface area contributed by atoms with E-state index in [-0.39, 0.29) is 11.8 Å². The van der Waals surface area contributed by atoms with E-state index in [1.54, 1.807) is 4.90 Å². The Morgan fingerprint density at radius 2 is 1.23 bits per heavy atom. The van der Waals surface area contributed by atoms with Gasteiger partial charge >= 0.3 is 0 Å². The van der Waals surface area contributed by atoms with Crippen LogP contribution in [-0.4, -0.2) is 58.5 Å². The van der Waals surface area contributed by atoms with Gasteiger partial charge < -0.3 is 14.9 Å². The van der Waals surface area contributed by atoms with E-state index in [9.17, 15) is 14.7 Å². The summed E-state index contributed by atoms with van der Waals surface area (Å²) >= 11 is 0. The molecular weight excluding hydrogens is 376 g/mol. The van der Waals surface area contributed by atoms with Gasteiger partial charge in [-0.3, -0.25) is 9.59 Å². The number of aliphatic hydroxyl groups is 1. The Kier molecular flexibility index (Phi) is 5.85. The van der Waals surface area contributed by atoms with Crippen LogP contribution < -0.4 is 0 Å². The van der Waals surface area contributed by atoms with Crippen molar-refractivity contribution in [2.75, 3.05) is 26.2 Å². The number of hydrogen-bond acceptors (Lipinski definition) is 3. The molecule has 0 aromatic heterocycles. The van der Waals surface area contributed by atoms with Crippen LogP contribution >= 0.6 is 0 Å². The van der Waals surface area contributed by atoms with Crippen LogP contribution in [0.3, 0.4) is 0 Å². The van der Waals surface area contributed by atoms with E-state index in [1.165, 1.54) is 51.4 Å². The van der Waals surface area contributed by atoms with Crippen molar-refractivity contribution in [3.8, 4) is 0 Å². The number of nitrogens with zero attached hydrogens (tertiary/aromatic N) is 2. The quantitative estimate of drug-likeness (QED) is 0.765. The molecule has 0 spiro atoms. The number of hydrogen-bond donors (Lipinski definition) is 1. The largest absolute Gasteiger partial charge is 0.380 e. The molecule has 1 saturated heterocycles. The van der Waals surface area contributed by atoms with Crippen LogP contribution in [0.5, 0.6) is 0 Å². The van der Waals surface area contributed by atoms with Crippen LogP contribution in [0.2, 0.25) is 0 Å². The molecule has 5 fully saturated rings. The van der Waals surface area contributed by atoms with Crippen molar-refractivity contribution in [2.24, 2.45) is 29.6 Å². The zero-order valence-electron chi connectivity index (χ0n) is 18.6. The average Bonchev–Trinajstić information content (AvgIpc) is 3.21. The van der Waals surface area contributed by atoms with Gasteiger partial charge in [0, 0.05) is 32.1 Å². The first-order valence-corrected chi connectivity index (χ1v) is 12.9. The maximum atomic E-state index is 13.1. The SMILES string of the molecule is O=C(C1CCC(C2CCC3CCCCC32)CC1)N1CCN(C(=O)C2(O)CCC2)CC1. The summed E-state index contributed by atoms with van der Waals surface area (Å²) in [6.07, 6.45) is 15.5. The molecule has 168 valence electrons. The topological polar surface area (TPSA) is 60.9 Å². The summed E-state index contributed by atoms with van der Waals surface area (Å²) in [5.74, 6) is 4.22. The van der Waals surface area contributed by atoms with E-state index < -0.39 is 5.60 Å². The normalized spacial score (nSPS) is 38.6. The van der Waals surface area contributed by atoms with Crippen LogP contribution in [0, 0.1) is 29.6 Å². The molecule has 1 N–H and O–H groups in total. The molecule has 5 nitrogen and oxygen atoms in total. The van der Waals surface area contributed by atoms with Crippen molar-refractivity contribution >= 4 is 11.8 Å². The summed E-state index contributed by atoms with van der Waals surface area (Å²) in [6, 6.07) is 0. The number of fused-ring (bicyclic) bond motifs is 1. The highest BCUT2D eigenvalue weighted by Crippen LogP contribution is 2.51. The van der Waals surface area contributed by atoms with Crippen LogP contribution in [0.25, 0.3) is 0 Å². The maximum absolute atomic E-state index is 13.1. The molecule has 3 unspecified atom stereocenters. The number of carbonyl (C=O) groups excluding carboxylic acids is 2. The molecule has 3 atom stereocenters. The summed E-state index contributed by atoms with van der Waals surface area (Å²) in [7, 11) is 0. The lowest BCUT2D eigenvalue weighted by Gasteiger charge is -2.43. The van der Waals surface area contributed by atoms with Gasteiger partial charge in [-0.15, -0.1) is 0 Å². The van der Waals surface area contributed by atoms with Gasteiger partial charge in [-0.2, -0.15) is 0 Å². The first kappa shape index (κ1) is 20.8. The Morgan fingerprint density at radius 3 is 1.90 bits per heavy atom. The third kappa shape index (κ3) is 3.80. The summed E-state index contributed by atoms with van der Waals surface area (Å²) in [5.41, 5.74) is -1.11. The average molecular weight is 417 g/mol. The van der Waals surface area contributed by atoms with Crippen molar-refractivity contribution in [3.05, 3.63) is 0 Å². The monoisotopic (exact) mass is 416 g/mol. The minimum Gasteiger partial charge on any atom is -0.380 e. The van der Waals surface area contributed by atoms with E-state index in [4.69, 9.17) is 0 Å². The fraction of sp³-hybridized carbons (Fsp3) is 0.920. The lowest BCUT2D eigenvalue weighted by atomic mass is 9.68. The van der Waals surface area contributed by atoms with Gasteiger partial charge in [0.25, 0.3) is 5.91 Å². The van der Waals surface area contributed by atoms with Crippen LogP contribution in [0.1, 0.15) is 83.5 Å². The first-order chi connectivity index (χ1) is 14.5. The van der Waals surface area contributed by atoms with Crippen LogP contribution in [0.15, 0.2) is 0 Å². The summed E-state index contributed by atoms with van der Waals surface area (Å²) in [5, 5.41) is 10.3. The van der Waals surface area contributed by atoms with Crippen molar-refractivity contribution < 1.29 is 14.7 Å². The van der Waals surface area contributed by atoms with Gasteiger partial charge in [-0.1, -0.05) is 19.3 Å². The second-order valence-corrected chi connectivity index (χ2v) is 11.1. The smallest absolute Gasteiger partial charge is 0.254 e. The minimum atomic E-state index is -1.11. The third-order valence-electron chi connectivity index (χ3n) is 9.57. The molecule has 5 heteroatoms. The maximum Gasteiger partial charge on any atom is 0.254 e. The molecule has 1 aliphatic heterocycles. The van der Waals surface area contributed by atoms with Gasteiger partial charge in [-0.25, -0.2) is 0 Å². The zero-order valence-corrected chi connectivity index (χ0v) is 18.6. The first-order valence-electron chi connectivity index (χ1n) is 12.9. The summed E-state index contributed by atoms with van der Waals surface area (Å²) in [4.78, 5) is 29.4. The number of rotatable bonds is 3. The molecule has 0 aromatic rings. The van der Waals surface area contributed by atoms with Crippen LogP contribution in [0.4, 0.5) is 0 Å². The van der Waals surface area contributed by atoms with Crippen molar-refractivity contribution in [1.29, 1.82) is 0 Å². The number of piperazine rings is 1. The Labute approximate surface area is 181 Å². The number of carbonyl (C=O) groups is 2. The van der Waals surface area contributed by atoms with Gasteiger partial charge in [0.15, 0.2) is 0 Å². The summed E-state index contributed by atoms with van der Waals surface area (Å²) < 4.78 is 0. The van der Waals surface area contributed by atoms with E-state index in [2.05, 4.69) is 0 Å². The fourth-order valence-electron chi connectivity index (χ4n) is 7.57. The summed E-state index contributed by atoms with van der Waals surface area (Å²) in [6.45, 7) is 2.42. The second-order valence-electron chi connectivity index (χ2n) is 11.1. The van der Waals surface area contributed by atoms with Gasteiger partial charge in [0.05, 0.1) is 0 Å². The third-order valence-corrected chi connectivity index (χ3v) is 9.57. The van der Waals surface area contributed by atoms with Gasteiger partial charge in [0.2, 0.25) is 5.91 Å². The van der Waals surface area contributed by atoms with Crippen molar-refractivity contribution in [1.82, 2.24) is 9.80 Å². The van der Waals surface area contributed by atoms with Gasteiger partial charge in [0.1, 0.15) is 5.60 Å². The molecule has 5 aliphatic rings. The highest BCUT2D eigenvalue weighted by Gasteiger charge is 2.46. The van der Waals surface area contributed by atoms with Gasteiger partial charge in [-0.05, 0) is 87.9 Å². The Bertz CT molecular complexity index is 645. The second kappa shape index (κ2) is 8.44. The molecule has 30 heavy (non-hydrogen) atoms. The van der Waals surface area contributed by atoms with Crippen LogP contribution in [-0.2, 0) is 9.59 Å². The Hall–Kier alpha value is -1.10. The predicted molar refractivity (Wildman–Crippen MR) is 116 cm³/mol. The standard InChI is InChI=1S/C25H40N2O3/c28-23(26-14-16-27(17-15-26)24(29)25(30)12-3-13-25)20-8-6-19(7-9-20)22-11-10-18-4-1-2-5-21(18)22/h18-22,30H,1-17H2. The molecule has 0 bridgehead atoms. The zero-order chi connectivity index (χ0) is 20.7. The van der Waals surface area contributed by atoms with E-state index in [0.717, 1.165) is 42.9 Å². The molecule has 4 aliphatic carbocycles. The molecule has 4 saturated carbocycles. The van der Waals surface area contributed by atoms with E-state index >= 15 is 0 Å². The fourth-order valence-corrected chi connectivity index (χ4v) is 7.57. The molecule has 0 radical (unpaired) electrons. The number of amides is 2. The molecule has 0 aromatic carbocycles. The Morgan fingerprint density at radius 1 is 0.667 bits per heavy atom. The molecule has 2 amide bonds.